The van der Waals surface area contributed by atoms with Crippen molar-refractivity contribution < 1.29 is 13.2 Å². The Morgan fingerprint density at radius 3 is 2.55 bits per heavy atom. The molecule has 0 heterocycles. The van der Waals surface area contributed by atoms with Crippen LogP contribution in [-0.4, -0.2) is 24.8 Å². The van der Waals surface area contributed by atoms with E-state index in [9.17, 15) is 13.2 Å². The van der Waals surface area contributed by atoms with Crippen molar-refractivity contribution in [1.29, 1.82) is 0 Å². The molecule has 112 valence electrons. The topological polar surface area (TPSA) is 89.3 Å². The molecule has 5 nitrogen and oxygen atoms in total. The standard InChI is InChI=1S/C13H19ClN2O3S/c1-4-8(2)20(18,19)9(3)13(17)16-12-7-10(14)5-6-11(12)15/h5-9H,4,15H2,1-3H3,(H,16,17). The minimum absolute atomic E-state index is 0.314. The predicted molar refractivity (Wildman–Crippen MR) is 82.6 cm³/mol. The predicted octanol–water partition coefficient (Wildman–Crippen LogP) is 2.46. The van der Waals surface area contributed by atoms with Gasteiger partial charge in [0.05, 0.1) is 16.6 Å². The Kier molecular flexibility index (Phi) is 5.42. The Hall–Kier alpha value is -1.27. The molecule has 0 fully saturated rings. The number of nitrogens with two attached hydrogens (primary N) is 1. The van der Waals surface area contributed by atoms with Crippen LogP contribution in [0.25, 0.3) is 0 Å². The van der Waals surface area contributed by atoms with Gasteiger partial charge in [-0.05, 0) is 38.5 Å². The number of benzene rings is 1. The third-order valence-electron chi connectivity index (χ3n) is 3.27. The largest absolute Gasteiger partial charge is 0.397 e. The summed E-state index contributed by atoms with van der Waals surface area (Å²) in [6.07, 6.45) is 0.458. The number of halogens is 1. The molecule has 3 N–H and O–H groups in total. The van der Waals surface area contributed by atoms with Gasteiger partial charge < -0.3 is 11.1 Å². The fourth-order valence-electron chi connectivity index (χ4n) is 1.60. The normalized spacial score (nSPS) is 14.6. The molecule has 0 spiro atoms. The zero-order valence-electron chi connectivity index (χ0n) is 11.7. The van der Waals surface area contributed by atoms with E-state index >= 15 is 0 Å². The molecule has 0 radical (unpaired) electrons. The van der Waals surface area contributed by atoms with Crippen LogP contribution in [0.3, 0.4) is 0 Å². The number of anilines is 2. The van der Waals surface area contributed by atoms with Crippen molar-refractivity contribution in [3.05, 3.63) is 23.2 Å². The van der Waals surface area contributed by atoms with Crippen molar-refractivity contribution in [2.24, 2.45) is 0 Å². The summed E-state index contributed by atoms with van der Waals surface area (Å²) in [5, 5.41) is 1.21. The quantitative estimate of drug-likeness (QED) is 0.816. The maximum absolute atomic E-state index is 12.1. The smallest absolute Gasteiger partial charge is 0.242 e. The summed E-state index contributed by atoms with van der Waals surface area (Å²) in [6.45, 7) is 4.73. The minimum Gasteiger partial charge on any atom is -0.397 e. The molecule has 1 aromatic carbocycles. The summed E-state index contributed by atoms with van der Waals surface area (Å²) in [5.41, 5.74) is 6.35. The third kappa shape index (κ3) is 3.64. The van der Waals surface area contributed by atoms with Gasteiger partial charge in [0.2, 0.25) is 5.91 Å². The SMILES string of the molecule is CCC(C)S(=O)(=O)C(C)C(=O)Nc1cc(Cl)ccc1N. The average Bonchev–Trinajstić information content (AvgIpc) is 2.40. The van der Waals surface area contributed by atoms with E-state index in [1.54, 1.807) is 26.0 Å². The minimum atomic E-state index is -3.52. The Morgan fingerprint density at radius 1 is 1.40 bits per heavy atom. The Bertz CT molecular complexity index is 602. The summed E-state index contributed by atoms with van der Waals surface area (Å²) in [5.74, 6) is -0.612. The molecule has 0 saturated heterocycles. The van der Waals surface area contributed by atoms with E-state index < -0.39 is 26.2 Å². The van der Waals surface area contributed by atoms with Crippen LogP contribution < -0.4 is 11.1 Å². The summed E-state index contributed by atoms with van der Waals surface area (Å²) in [4.78, 5) is 12.1. The van der Waals surface area contributed by atoms with Crippen LogP contribution in [0.5, 0.6) is 0 Å². The molecule has 0 bridgehead atoms. The van der Waals surface area contributed by atoms with E-state index in [1.165, 1.54) is 13.0 Å². The summed E-state index contributed by atoms with van der Waals surface area (Å²) in [7, 11) is -3.52. The highest BCUT2D eigenvalue weighted by Crippen LogP contribution is 2.24. The molecule has 1 amide bonds. The van der Waals surface area contributed by atoms with Crippen LogP contribution in [-0.2, 0) is 14.6 Å². The van der Waals surface area contributed by atoms with Gasteiger partial charge in [-0.3, -0.25) is 4.79 Å². The summed E-state index contributed by atoms with van der Waals surface area (Å²) < 4.78 is 24.3. The van der Waals surface area contributed by atoms with E-state index in [0.717, 1.165) is 0 Å². The fraction of sp³-hybridized carbons (Fsp3) is 0.462. The van der Waals surface area contributed by atoms with E-state index in [0.29, 0.717) is 22.8 Å². The lowest BCUT2D eigenvalue weighted by Crippen LogP contribution is -2.37. The molecule has 0 aliphatic heterocycles. The Morgan fingerprint density at radius 2 is 2.00 bits per heavy atom. The maximum atomic E-state index is 12.1. The molecule has 2 unspecified atom stereocenters. The number of nitrogens with one attached hydrogen (secondary N) is 1. The number of nitrogen functional groups attached to an aromatic ring is 1. The highest BCUT2D eigenvalue weighted by atomic mass is 35.5. The number of carbonyl (C=O) groups is 1. The Labute approximate surface area is 124 Å². The van der Waals surface area contributed by atoms with Gasteiger partial charge >= 0.3 is 0 Å². The second-order valence-corrected chi connectivity index (χ2v) is 7.80. The maximum Gasteiger partial charge on any atom is 0.242 e. The molecule has 7 heteroatoms. The third-order valence-corrected chi connectivity index (χ3v) is 6.16. The first-order chi connectivity index (χ1) is 9.20. The lowest BCUT2D eigenvalue weighted by Gasteiger charge is -2.18. The first-order valence-corrected chi connectivity index (χ1v) is 8.27. The van der Waals surface area contributed by atoms with Crippen LogP contribution >= 0.6 is 11.6 Å². The van der Waals surface area contributed by atoms with Gasteiger partial charge in [-0.25, -0.2) is 8.42 Å². The first kappa shape index (κ1) is 16.8. The van der Waals surface area contributed by atoms with Crippen LogP contribution in [0, 0.1) is 0 Å². The highest BCUT2D eigenvalue weighted by Gasteiger charge is 2.32. The molecule has 0 aliphatic carbocycles. The average molecular weight is 319 g/mol. The Balaban J connectivity index is 2.94. The van der Waals surface area contributed by atoms with Gasteiger partial charge in [0.1, 0.15) is 5.25 Å². The van der Waals surface area contributed by atoms with E-state index in [1.807, 2.05) is 0 Å². The van der Waals surface area contributed by atoms with Crippen molar-refractivity contribution in [2.75, 3.05) is 11.1 Å². The van der Waals surface area contributed by atoms with E-state index in [-0.39, 0.29) is 0 Å². The molecule has 1 aromatic rings. The first-order valence-electron chi connectivity index (χ1n) is 6.28. The lowest BCUT2D eigenvalue weighted by molar-refractivity contribution is -0.115. The molecule has 20 heavy (non-hydrogen) atoms. The molecule has 2 atom stereocenters. The zero-order chi connectivity index (χ0) is 15.5. The van der Waals surface area contributed by atoms with Crippen LogP contribution in [0.1, 0.15) is 27.2 Å². The molecule has 0 saturated carbocycles. The number of hydrogen-bond acceptors (Lipinski definition) is 4. The second-order valence-electron chi connectivity index (χ2n) is 4.67. The van der Waals surface area contributed by atoms with Crippen molar-refractivity contribution in [3.8, 4) is 0 Å². The van der Waals surface area contributed by atoms with Crippen LogP contribution in [0.2, 0.25) is 5.02 Å². The van der Waals surface area contributed by atoms with Gasteiger partial charge in [0.15, 0.2) is 9.84 Å². The molecular weight excluding hydrogens is 300 g/mol. The van der Waals surface area contributed by atoms with Gasteiger partial charge in [-0.1, -0.05) is 18.5 Å². The molecular formula is C13H19ClN2O3S. The van der Waals surface area contributed by atoms with E-state index in [4.69, 9.17) is 17.3 Å². The number of amides is 1. The molecule has 1 rings (SSSR count). The van der Waals surface area contributed by atoms with Crippen LogP contribution in [0.4, 0.5) is 11.4 Å². The van der Waals surface area contributed by atoms with Crippen molar-refractivity contribution in [2.45, 2.75) is 37.7 Å². The van der Waals surface area contributed by atoms with Crippen molar-refractivity contribution >= 4 is 38.7 Å². The number of hydrogen-bond donors (Lipinski definition) is 2. The highest BCUT2D eigenvalue weighted by molar-refractivity contribution is 7.93. The summed E-state index contributed by atoms with van der Waals surface area (Å²) >= 11 is 5.82. The number of sulfone groups is 1. The van der Waals surface area contributed by atoms with Crippen molar-refractivity contribution in [1.82, 2.24) is 0 Å². The van der Waals surface area contributed by atoms with Gasteiger partial charge in [-0.2, -0.15) is 0 Å². The molecule has 0 aliphatic rings. The van der Waals surface area contributed by atoms with Crippen LogP contribution in [0.15, 0.2) is 18.2 Å². The zero-order valence-corrected chi connectivity index (χ0v) is 13.3. The second kappa shape index (κ2) is 6.45. The van der Waals surface area contributed by atoms with Gasteiger partial charge in [0.25, 0.3) is 0 Å². The van der Waals surface area contributed by atoms with E-state index in [2.05, 4.69) is 5.32 Å². The number of rotatable bonds is 5. The molecule has 0 aromatic heterocycles. The lowest BCUT2D eigenvalue weighted by atomic mass is 10.2. The number of carbonyl (C=O) groups excluding carboxylic acids is 1. The summed E-state index contributed by atoms with van der Waals surface area (Å²) in [6, 6.07) is 4.62. The monoisotopic (exact) mass is 318 g/mol. The van der Waals surface area contributed by atoms with Gasteiger partial charge in [-0.15, -0.1) is 0 Å². The van der Waals surface area contributed by atoms with Gasteiger partial charge in [0, 0.05) is 5.02 Å². The van der Waals surface area contributed by atoms with Crippen molar-refractivity contribution in [3.63, 3.8) is 0 Å². The fourth-order valence-corrected chi connectivity index (χ4v) is 3.29.